The number of aliphatic hydroxyl groups is 1. The predicted octanol–water partition coefficient (Wildman–Crippen LogP) is 5.01. The monoisotopic (exact) mass is 515 g/mol. The summed E-state index contributed by atoms with van der Waals surface area (Å²) in [6.07, 6.45) is 0. The molecule has 0 saturated carbocycles. The standard InChI is InChI=1S/C28H25N3O5S/c1-30(2)18-10-8-16(9-11-18)24-23(25(32)17-6-5-7-19(14-17)35-3)26(33)27(34)31(24)28-29-21-13-12-20(36-4)15-22(21)37-28/h5-15,24,32H,1-4H3. The maximum absolute atomic E-state index is 13.5. The molecule has 8 nitrogen and oxygen atoms in total. The van der Waals surface area contributed by atoms with Crippen LogP contribution in [0, 0.1) is 0 Å². The summed E-state index contributed by atoms with van der Waals surface area (Å²) in [5.41, 5.74) is 2.68. The number of rotatable bonds is 6. The van der Waals surface area contributed by atoms with Crippen LogP contribution >= 0.6 is 11.3 Å². The summed E-state index contributed by atoms with van der Waals surface area (Å²) in [6, 6.07) is 18.8. The molecule has 1 aromatic heterocycles. The fourth-order valence-corrected chi connectivity index (χ4v) is 5.37. The molecule has 1 aliphatic rings. The SMILES string of the molecule is COc1cccc(C(O)=C2C(=O)C(=O)N(c3nc4ccc(OC)cc4s3)C2c2ccc(N(C)C)cc2)c1. The van der Waals surface area contributed by atoms with Gasteiger partial charge in [0, 0.05) is 25.3 Å². The van der Waals surface area contributed by atoms with Crippen molar-refractivity contribution < 1.29 is 24.2 Å². The molecule has 5 rings (SSSR count). The normalized spacial score (nSPS) is 16.9. The second-order valence-corrected chi connectivity index (χ2v) is 9.73. The first-order valence-electron chi connectivity index (χ1n) is 11.5. The number of thiazole rings is 1. The van der Waals surface area contributed by atoms with Crippen LogP contribution in [0.5, 0.6) is 11.5 Å². The van der Waals surface area contributed by atoms with Crippen molar-refractivity contribution in [1.82, 2.24) is 4.98 Å². The summed E-state index contributed by atoms with van der Waals surface area (Å²) in [5.74, 6) is -0.621. The average molecular weight is 516 g/mol. The molecule has 0 spiro atoms. The Morgan fingerprint density at radius 1 is 0.973 bits per heavy atom. The number of aromatic nitrogens is 1. The molecule has 2 heterocycles. The molecule has 1 saturated heterocycles. The molecule has 188 valence electrons. The zero-order chi connectivity index (χ0) is 26.3. The Bertz CT molecular complexity index is 1540. The van der Waals surface area contributed by atoms with Gasteiger partial charge in [-0.25, -0.2) is 4.98 Å². The number of methoxy groups -OCH3 is 2. The van der Waals surface area contributed by atoms with Crippen molar-refractivity contribution in [3.05, 3.63) is 83.4 Å². The Morgan fingerprint density at radius 2 is 1.68 bits per heavy atom. The number of hydrogen-bond acceptors (Lipinski definition) is 8. The molecule has 4 aromatic rings. The van der Waals surface area contributed by atoms with Crippen molar-refractivity contribution in [3.63, 3.8) is 0 Å². The zero-order valence-corrected chi connectivity index (χ0v) is 21.6. The highest BCUT2D eigenvalue weighted by atomic mass is 32.1. The molecule has 0 radical (unpaired) electrons. The van der Waals surface area contributed by atoms with Crippen LogP contribution in [0.2, 0.25) is 0 Å². The van der Waals surface area contributed by atoms with E-state index in [0.717, 1.165) is 10.4 Å². The van der Waals surface area contributed by atoms with Crippen LogP contribution in [-0.2, 0) is 9.59 Å². The van der Waals surface area contributed by atoms with Crippen LogP contribution in [0.25, 0.3) is 16.0 Å². The van der Waals surface area contributed by atoms with Crippen LogP contribution in [0.3, 0.4) is 0 Å². The quantitative estimate of drug-likeness (QED) is 0.219. The van der Waals surface area contributed by atoms with Gasteiger partial charge in [0.15, 0.2) is 5.13 Å². The lowest BCUT2D eigenvalue weighted by molar-refractivity contribution is -0.132. The molecule has 1 atom stereocenters. The van der Waals surface area contributed by atoms with Crippen molar-refractivity contribution in [2.24, 2.45) is 0 Å². The topological polar surface area (TPSA) is 92.2 Å². The van der Waals surface area contributed by atoms with Gasteiger partial charge in [0.25, 0.3) is 5.78 Å². The summed E-state index contributed by atoms with van der Waals surface area (Å²) in [6.45, 7) is 0. The van der Waals surface area contributed by atoms with Crippen LogP contribution < -0.4 is 19.3 Å². The average Bonchev–Trinajstić information content (AvgIpc) is 3.45. The lowest BCUT2D eigenvalue weighted by atomic mass is 9.95. The first kappa shape index (κ1) is 24.3. The number of benzene rings is 3. The summed E-state index contributed by atoms with van der Waals surface area (Å²) in [4.78, 5) is 34.9. The predicted molar refractivity (Wildman–Crippen MR) is 145 cm³/mol. The molecule has 3 aromatic carbocycles. The third-order valence-corrected chi connectivity index (χ3v) is 7.32. The van der Waals surface area contributed by atoms with E-state index in [4.69, 9.17) is 9.47 Å². The Kier molecular flexibility index (Phi) is 6.31. The van der Waals surface area contributed by atoms with Crippen molar-refractivity contribution in [1.29, 1.82) is 0 Å². The van der Waals surface area contributed by atoms with E-state index in [9.17, 15) is 14.7 Å². The number of carbonyl (C=O) groups excluding carboxylic acids is 2. The number of nitrogens with zero attached hydrogens (tertiary/aromatic N) is 3. The van der Waals surface area contributed by atoms with Crippen molar-refractivity contribution in [2.75, 3.05) is 38.1 Å². The number of aliphatic hydroxyl groups excluding tert-OH is 1. The molecule has 37 heavy (non-hydrogen) atoms. The number of hydrogen-bond donors (Lipinski definition) is 1. The van der Waals surface area contributed by atoms with E-state index in [2.05, 4.69) is 4.98 Å². The van der Waals surface area contributed by atoms with Crippen LogP contribution in [0.1, 0.15) is 17.2 Å². The number of Topliss-reactive ketones (excluding diaryl/α,β-unsaturated/α-hetero) is 1. The highest BCUT2D eigenvalue weighted by Crippen LogP contribution is 2.45. The molecule has 1 unspecified atom stereocenters. The number of ketones is 1. The molecule has 1 aliphatic heterocycles. The van der Waals surface area contributed by atoms with Gasteiger partial charge in [0.05, 0.1) is 36.1 Å². The van der Waals surface area contributed by atoms with Gasteiger partial charge < -0.3 is 19.5 Å². The fraction of sp³-hybridized carbons (Fsp3) is 0.179. The lowest BCUT2D eigenvalue weighted by Gasteiger charge is -2.23. The van der Waals surface area contributed by atoms with Gasteiger partial charge in [-0.15, -0.1) is 0 Å². The highest BCUT2D eigenvalue weighted by molar-refractivity contribution is 7.22. The minimum atomic E-state index is -0.870. The number of ether oxygens (including phenoxy) is 2. The molecule has 0 bridgehead atoms. The van der Waals surface area contributed by atoms with E-state index in [1.165, 1.54) is 23.3 Å². The molecule has 0 aliphatic carbocycles. The van der Waals surface area contributed by atoms with Crippen LogP contribution in [0.4, 0.5) is 10.8 Å². The van der Waals surface area contributed by atoms with E-state index in [-0.39, 0.29) is 11.3 Å². The van der Waals surface area contributed by atoms with E-state index in [0.29, 0.717) is 33.3 Å². The minimum Gasteiger partial charge on any atom is -0.507 e. The molecular weight excluding hydrogens is 490 g/mol. The van der Waals surface area contributed by atoms with Crippen molar-refractivity contribution >= 4 is 49.8 Å². The maximum atomic E-state index is 13.5. The van der Waals surface area contributed by atoms with Gasteiger partial charge in [-0.2, -0.15) is 0 Å². The maximum Gasteiger partial charge on any atom is 0.301 e. The van der Waals surface area contributed by atoms with Gasteiger partial charge >= 0.3 is 5.91 Å². The van der Waals surface area contributed by atoms with Gasteiger partial charge in [-0.05, 0) is 48.0 Å². The van der Waals surface area contributed by atoms with Crippen molar-refractivity contribution in [2.45, 2.75) is 6.04 Å². The van der Waals surface area contributed by atoms with Crippen LogP contribution in [0.15, 0.2) is 72.3 Å². The third kappa shape index (κ3) is 4.27. The molecule has 9 heteroatoms. The number of carbonyl (C=O) groups is 2. The van der Waals surface area contributed by atoms with E-state index >= 15 is 0 Å². The second kappa shape index (κ2) is 9.59. The first-order chi connectivity index (χ1) is 17.8. The molecule has 1 N–H and O–H groups in total. The largest absolute Gasteiger partial charge is 0.507 e. The minimum absolute atomic E-state index is 0.00677. The smallest absolute Gasteiger partial charge is 0.301 e. The lowest BCUT2D eigenvalue weighted by Crippen LogP contribution is -2.29. The molecule has 1 fully saturated rings. The Balaban J connectivity index is 1.71. The third-order valence-electron chi connectivity index (χ3n) is 6.30. The summed E-state index contributed by atoms with van der Waals surface area (Å²) >= 11 is 1.28. The van der Waals surface area contributed by atoms with E-state index in [1.807, 2.05) is 55.4 Å². The summed E-state index contributed by atoms with van der Waals surface area (Å²) < 4.78 is 11.4. The Labute approximate surface area is 218 Å². The van der Waals surface area contributed by atoms with Crippen LogP contribution in [-0.4, -0.2) is 50.1 Å². The zero-order valence-electron chi connectivity index (χ0n) is 20.8. The van der Waals surface area contributed by atoms with Gasteiger partial charge in [-0.1, -0.05) is 35.6 Å². The number of amides is 1. The van der Waals surface area contributed by atoms with E-state index < -0.39 is 17.7 Å². The number of fused-ring (bicyclic) bond motifs is 1. The Morgan fingerprint density at radius 3 is 2.35 bits per heavy atom. The van der Waals surface area contributed by atoms with Gasteiger partial charge in [-0.3, -0.25) is 14.5 Å². The van der Waals surface area contributed by atoms with Gasteiger partial charge in [0.1, 0.15) is 17.3 Å². The molecule has 1 amide bonds. The number of anilines is 2. The van der Waals surface area contributed by atoms with Crippen molar-refractivity contribution in [3.8, 4) is 11.5 Å². The Hall–Kier alpha value is -4.37. The fourth-order valence-electron chi connectivity index (χ4n) is 4.35. The van der Waals surface area contributed by atoms with E-state index in [1.54, 1.807) is 37.4 Å². The summed E-state index contributed by atoms with van der Waals surface area (Å²) in [5, 5.41) is 11.7. The highest BCUT2D eigenvalue weighted by Gasteiger charge is 2.48. The summed E-state index contributed by atoms with van der Waals surface area (Å²) in [7, 11) is 6.96. The van der Waals surface area contributed by atoms with Gasteiger partial charge in [0.2, 0.25) is 0 Å². The first-order valence-corrected chi connectivity index (χ1v) is 12.3. The second-order valence-electron chi connectivity index (χ2n) is 8.72. The molecular formula is C28H25N3O5S.